The lowest BCUT2D eigenvalue weighted by molar-refractivity contribution is 0.103. The fourth-order valence-electron chi connectivity index (χ4n) is 1.97. The Morgan fingerprint density at radius 3 is 2.95 bits per heavy atom. The lowest BCUT2D eigenvalue weighted by Crippen LogP contribution is -2.10. The summed E-state index contributed by atoms with van der Waals surface area (Å²) in [4.78, 5) is 21.3. The predicted molar refractivity (Wildman–Crippen MR) is 81.2 cm³/mol. The zero-order chi connectivity index (χ0) is 13.9. The largest absolute Gasteiger partial charge is 0.321 e. The summed E-state index contributed by atoms with van der Waals surface area (Å²) >= 11 is 1.43. The van der Waals surface area contributed by atoms with Gasteiger partial charge in [-0.15, -0.1) is 11.3 Å². The molecule has 2 aromatic heterocycles. The Bertz CT molecular complexity index is 761. The molecule has 0 saturated heterocycles. The number of pyridine rings is 1. The van der Waals surface area contributed by atoms with E-state index in [2.05, 4.69) is 15.3 Å². The highest BCUT2D eigenvalue weighted by Gasteiger charge is 2.11. The first kappa shape index (κ1) is 12.7. The van der Waals surface area contributed by atoms with E-state index in [1.807, 2.05) is 37.3 Å². The van der Waals surface area contributed by atoms with Crippen LogP contribution in [0, 0.1) is 0 Å². The number of rotatable bonds is 3. The van der Waals surface area contributed by atoms with Crippen LogP contribution in [0.4, 0.5) is 5.69 Å². The van der Waals surface area contributed by atoms with Crippen molar-refractivity contribution >= 4 is 33.8 Å². The second-order valence-electron chi connectivity index (χ2n) is 4.30. The minimum atomic E-state index is -0.126. The molecule has 100 valence electrons. The van der Waals surface area contributed by atoms with Gasteiger partial charge in [-0.25, -0.2) is 4.98 Å². The van der Waals surface area contributed by atoms with Crippen molar-refractivity contribution in [3.8, 4) is 0 Å². The van der Waals surface area contributed by atoms with Crippen molar-refractivity contribution in [2.24, 2.45) is 0 Å². The maximum absolute atomic E-state index is 12.2. The average molecular weight is 283 g/mol. The molecule has 0 spiro atoms. The van der Waals surface area contributed by atoms with Crippen molar-refractivity contribution in [3.05, 3.63) is 52.6 Å². The van der Waals surface area contributed by atoms with E-state index < -0.39 is 0 Å². The highest BCUT2D eigenvalue weighted by molar-refractivity contribution is 7.13. The Kier molecular flexibility index (Phi) is 3.43. The summed E-state index contributed by atoms with van der Waals surface area (Å²) in [5.74, 6) is -0.126. The zero-order valence-corrected chi connectivity index (χ0v) is 11.8. The number of carbonyl (C=O) groups is 1. The van der Waals surface area contributed by atoms with Gasteiger partial charge in [-0.1, -0.05) is 13.0 Å². The van der Waals surface area contributed by atoms with Crippen molar-refractivity contribution < 1.29 is 4.79 Å². The zero-order valence-electron chi connectivity index (χ0n) is 11.0. The molecular formula is C15H13N3OS. The minimum absolute atomic E-state index is 0.126. The van der Waals surface area contributed by atoms with Gasteiger partial charge in [0.15, 0.2) is 0 Å². The van der Waals surface area contributed by atoms with E-state index in [4.69, 9.17) is 0 Å². The lowest BCUT2D eigenvalue weighted by atomic mass is 10.2. The Morgan fingerprint density at radius 1 is 1.25 bits per heavy atom. The molecule has 0 radical (unpaired) electrons. The van der Waals surface area contributed by atoms with Gasteiger partial charge in [0.1, 0.15) is 4.88 Å². The van der Waals surface area contributed by atoms with E-state index in [9.17, 15) is 4.79 Å². The van der Waals surface area contributed by atoms with Crippen molar-refractivity contribution in [2.75, 3.05) is 5.32 Å². The highest BCUT2D eigenvalue weighted by Crippen LogP contribution is 2.23. The van der Waals surface area contributed by atoms with Gasteiger partial charge in [-0.3, -0.25) is 9.78 Å². The predicted octanol–water partition coefficient (Wildman–Crippen LogP) is 3.51. The number of aryl methyl sites for hydroxylation is 1. The van der Waals surface area contributed by atoms with Crippen LogP contribution >= 0.6 is 11.3 Å². The van der Waals surface area contributed by atoms with Gasteiger partial charge in [0.05, 0.1) is 22.4 Å². The molecule has 1 aromatic carbocycles. The monoisotopic (exact) mass is 283 g/mol. The van der Waals surface area contributed by atoms with Crippen LogP contribution in [0.1, 0.15) is 21.6 Å². The molecule has 4 nitrogen and oxygen atoms in total. The Morgan fingerprint density at radius 2 is 2.15 bits per heavy atom. The normalized spacial score (nSPS) is 10.7. The molecule has 3 aromatic rings. The third-order valence-electron chi connectivity index (χ3n) is 2.97. The molecule has 0 aliphatic heterocycles. The first-order valence-electron chi connectivity index (χ1n) is 6.37. The van der Waals surface area contributed by atoms with Crippen molar-refractivity contribution in [2.45, 2.75) is 13.3 Å². The highest BCUT2D eigenvalue weighted by atomic mass is 32.1. The molecule has 0 unspecified atom stereocenters. The molecule has 5 heteroatoms. The Hall–Kier alpha value is -2.27. The molecule has 0 fully saturated rings. The maximum Gasteiger partial charge on any atom is 0.267 e. The molecule has 3 rings (SSSR count). The summed E-state index contributed by atoms with van der Waals surface area (Å²) in [6, 6.07) is 9.49. The van der Waals surface area contributed by atoms with Crippen LogP contribution in [0.15, 0.2) is 42.7 Å². The molecule has 0 bridgehead atoms. The molecular weight excluding hydrogens is 270 g/mol. The number of aromatic nitrogens is 2. The van der Waals surface area contributed by atoms with Gasteiger partial charge in [-0.05, 0) is 30.7 Å². The quantitative estimate of drug-likeness (QED) is 0.800. The second-order valence-corrected chi connectivity index (χ2v) is 5.42. The molecule has 0 aliphatic carbocycles. The number of carbonyl (C=O) groups excluding carboxylic acids is 1. The fraction of sp³-hybridized carbons (Fsp3) is 0.133. The molecule has 20 heavy (non-hydrogen) atoms. The topological polar surface area (TPSA) is 54.9 Å². The number of amides is 1. The number of nitrogens with one attached hydrogen (secondary N) is 1. The van der Waals surface area contributed by atoms with Crippen LogP contribution in [-0.4, -0.2) is 15.9 Å². The lowest BCUT2D eigenvalue weighted by Gasteiger charge is -2.06. The molecule has 1 N–H and O–H groups in total. The van der Waals surface area contributed by atoms with Crippen molar-refractivity contribution in [1.29, 1.82) is 0 Å². The van der Waals surface area contributed by atoms with E-state index in [1.54, 1.807) is 12.4 Å². The molecule has 1 amide bonds. The third kappa shape index (κ3) is 2.40. The number of hydrogen-bond acceptors (Lipinski definition) is 4. The first-order chi connectivity index (χ1) is 9.78. The minimum Gasteiger partial charge on any atom is -0.321 e. The van der Waals surface area contributed by atoms with E-state index in [1.165, 1.54) is 11.3 Å². The first-order valence-corrected chi connectivity index (χ1v) is 7.19. The van der Waals surface area contributed by atoms with Gasteiger partial charge in [0, 0.05) is 11.6 Å². The van der Waals surface area contributed by atoms with E-state index in [0.717, 1.165) is 28.0 Å². The van der Waals surface area contributed by atoms with Crippen LogP contribution in [0.5, 0.6) is 0 Å². The van der Waals surface area contributed by atoms with Crippen LogP contribution in [0.2, 0.25) is 0 Å². The molecule has 0 atom stereocenters. The smallest absolute Gasteiger partial charge is 0.267 e. The summed E-state index contributed by atoms with van der Waals surface area (Å²) in [6.45, 7) is 2.02. The summed E-state index contributed by atoms with van der Waals surface area (Å²) in [5.41, 5.74) is 1.64. The van der Waals surface area contributed by atoms with E-state index >= 15 is 0 Å². The molecule has 0 saturated carbocycles. The number of benzene rings is 1. The average Bonchev–Trinajstić information content (AvgIpc) is 2.97. The van der Waals surface area contributed by atoms with Crippen molar-refractivity contribution in [1.82, 2.24) is 9.97 Å². The Balaban J connectivity index is 1.91. The van der Waals surface area contributed by atoms with Crippen LogP contribution in [-0.2, 0) is 6.42 Å². The number of hydrogen-bond donors (Lipinski definition) is 1. The van der Waals surface area contributed by atoms with Crippen LogP contribution in [0.3, 0.4) is 0 Å². The molecule has 0 aliphatic rings. The number of nitrogens with zero attached hydrogens (tertiary/aromatic N) is 2. The molecule has 2 heterocycles. The number of anilines is 1. The van der Waals surface area contributed by atoms with Gasteiger partial charge in [-0.2, -0.15) is 0 Å². The third-order valence-corrected chi connectivity index (χ3v) is 4.11. The summed E-state index contributed by atoms with van der Waals surface area (Å²) in [6.07, 6.45) is 4.21. The summed E-state index contributed by atoms with van der Waals surface area (Å²) < 4.78 is 0. The fourth-order valence-corrected chi connectivity index (χ4v) is 2.73. The Labute approximate surface area is 120 Å². The van der Waals surface area contributed by atoms with E-state index in [0.29, 0.717) is 4.88 Å². The SMILES string of the molecule is CCc1ncc(C(=O)Nc2cccc3ncccc23)s1. The van der Waals surface area contributed by atoms with Crippen molar-refractivity contribution in [3.63, 3.8) is 0 Å². The summed E-state index contributed by atoms with van der Waals surface area (Å²) in [5, 5.41) is 4.83. The van der Waals surface area contributed by atoms with Gasteiger partial charge >= 0.3 is 0 Å². The maximum atomic E-state index is 12.2. The second kappa shape index (κ2) is 5.38. The summed E-state index contributed by atoms with van der Waals surface area (Å²) in [7, 11) is 0. The standard InChI is InChI=1S/C15H13N3OS/c1-2-14-17-9-13(20-14)15(19)18-12-7-3-6-11-10(12)5-4-8-16-11/h3-9H,2H2,1H3,(H,18,19). The van der Waals surface area contributed by atoms with Crippen LogP contribution in [0.25, 0.3) is 10.9 Å². The van der Waals surface area contributed by atoms with Gasteiger partial charge in [0.25, 0.3) is 5.91 Å². The van der Waals surface area contributed by atoms with E-state index in [-0.39, 0.29) is 5.91 Å². The van der Waals surface area contributed by atoms with Gasteiger partial charge < -0.3 is 5.32 Å². The number of fused-ring (bicyclic) bond motifs is 1. The van der Waals surface area contributed by atoms with Gasteiger partial charge in [0.2, 0.25) is 0 Å². The van der Waals surface area contributed by atoms with Crippen LogP contribution < -0.4 is 5.32 Å². The number of thiazole rings is 1.